The summed E-state index contributed by atoms with van der Waals surface area (Å²) in [6.45, 7) is 0. The third-order valence-corrected chi connectivity index (χ3v) is 7.98. The molecule has 0 spiro atoms. The van der Waals surface area contributed by atoms with Gasteiger partial charge >= 0.3 is 0 Å². The van der Waals surface area contributed by atoms with Crippen LogP contribution in [0.5, 0.6) is 0 Å². The molecule has 0 aliphatic carbocycles. The summed E-state index contributed by atoms with van der Waals surface area (Å²) in [5, 5.41) is 5.92. The maximum absolute atomic E-state index is 5.88. The average molecular weight is 539 g/mol. The minimum atomic E-state index is 0.842. The van der Waals surface area contributed by atoms with Crippen molar-refractivity contribution in [1.29, 1.82) is 0 Å². The van der Waals surface area contributed by atoms with Crippen LogP contribution in [-0.2, 0) is 0 Å². The van der Waals surface area contributed by atoms with Crippen molar-refractivity contribution in [2.75, 3.05) is 0 Å². The number of benzene rings is 5. The molecule has 8 rings (SSSR count). The van der Waals surface area contributed by atoms with Crippen LogP contribution in [0.1, 0.15) is 0 Å². The third kappa shape index (κ3) is 4.11. The van der Waals surface area contributed by atoms with Crippen molar-refractivity contribution in [3.8, 4) is 28.1 Å². The molecule has 0 atom stereocenters. The Labute approximate surface area is 243 Å². The van der Waals surface area contributed by atoms with Crippen LogP contribution in [-0.4, -0.2) is 9.55 Å². The van der Waals surface area contributed by atoms with E-state index >= 15 is 0 Å². The van der Waals surface area contributed by atoms with Crippen LogP contribution in [0.25, 0.3) is 71.6 Å². The van der Waals surface area contributed by atoms with Gasteiger partial charge in [-0.25, -0.2) is 4.98 Å². The van der Waals surface area contributed by atoms with Gasteiger partial charge in [0.25, 0.3) is 0 Å². The number of fused-ring (bicyclic) bond motifs is 6. The molecule has 0 bridgehead atoms. The molecule has 0 saturated carbocycles. The first kappa shape index (κ1) is 24.2. The standard InChI is InChI=1S/C39H26N2O/c1-2-9-27(10-3-1)32-22-23-40-38(26-32)41-35-20-19-31(28-13-8-24-42-37-15-7-5-12-30(37)17-16-28)25-34(35)39-33-14-6-4-11-29(33)18-21-36(39)41/h1-26H. The first-order valence-electron chi connectivity index (χ1n) is 14.1. The minimum absolute atomic E-state index is 0.842. The van der Waals surface area contributed by atoms with Gasteiger partial charge in [-0.2, -0.15) is 0 Å². The number of hydrogen-bond donors (Lipinski definition) is 0. The number of hydrogen-bond acceptors (Lipinski definition) is 2. The maximum Gasteiger partial charge on any atom is 0.138 e. The lowest BCUT2D eigenvalue weighted by atomic mass is 10.0. The van der Waals surface area contributed by atoms with E-state index in [0.717, 1.165) is 44.5 Å². The molecule has 3 nitrogen and oxygen atoms in total. The van der Waals surface area contributed by atoms with Gasteiger partial charge in [-0.05, 0) is 75.5 Å². The molecule has 3 heterocycles. The van der Waals surface area contributed by atoms with Gasteiger partial charge in [0, 0.05) is 22.4 Å². The second-order valence-corrected chi connectivity index (χ2v) is 10.5. The molecule has 3 aromatic heterocycles. The normalized spacial score (nSPS) is 11.3. The van der Waals surface area contributed by atoms with Crippen LogP contribution in [0, 0.1) is 0 Å². The fourth-order valence-electron chi connectivity index (χ4n) is 5.98. The quantitative estimate of drug-likeness (QED) is 0.224. The fraction of sp³-hybridized carbons (Fsp3) is 0. The van der Waals surface area contributed by atoms with Gasteiger partial charge in [0.05, 0.1) is 17.3 Å². The highest BCUT2D eigenvalue weighted by molar-refractivity contribution is 6.21. The van der Waals surface area contributed by atoms with Crippen LogP contribution in [0.3, 0.4) is 0 Å². The van der Waals surface area contributed by atoms with Gasteiger partial charge < -0.3 is 4.42 Å². The van der Waals surface area contributed by atoms with Crippen LogP contribution < -0.4 is 0 Å². The molecule has 3 heteroatoms. The second-order valence-electron chi connectivity index (χ2n) is 10.5. The van der Waals surface area contributed by atoms with Gasteiger partial charge in [0.15, 0.2) is 0 Å². The van der Waals surface area contributed by atoms with Gasteiger partial charge in [-0.15, -0.1) is 0 Å². The Kier molecular flexibility index (Phi) is 5.79. The molecule has 42 heavy (non-hydrogen) atoms. The monoisotopic (exact) mass is 538 g/mol. The van der Waals surface area contributed by atoms with Crippen molar-refractivity contribution >= 4 is 43.5 Å². The predicted octanol–water partition coefficient (Wildman–Crippen LogP) is 10.5. The molecule has 0 aliphatic rings. The van der Waals surface area contributed by atoms with E-state index < -0.39 is 0 Å². The Morgan fingerprint density at radius 3 is 2.10 bits per heavy atom. The van der Waals surface area contributed by atoms with Crippen LogP contribution >= 0.6 is 0 Å². The highest BCUT2D eigenvalue weighted by atomic mass is 16.3. The highest BCUT2D eigenvalue weighted by Gasteiger charge is 2.17. The van der Waals surface area contributed by atoms with Crippen molar-refractivity contribution in [2.24, 2.45) is 0 Å². The predicted molar refractivity (Wildman–Crippen MR) is 174 cm³/mol. The smallest absolute Gasteiger partial charge is 0.138 e. The van der Waals surface area contributed by atoms with E-state index in [4.69, 9.17) is 9.40 Å². The Balaban J connectivity index is 1.40. The van der Waals surface area contributed by atoms with E-state index in [1.54, 1.807) is 6.26 Å². The van der Waals surface area contributed by atoms with Crippen molar-refractivity contribution in [2.45, 2.75) is 0 Å². The van der Waals surface area contributed by atoms with E-state index in [9.17, 15) is 0 Å². The number of pyridine rings is 1. The van der Waals surface area contributed by atoms with Gasteiger partial charge in [0.2, 0.25) is 0 Å². The second kappa shape index (κ2) is 10.1. The summed E-state index contributed by atoms with van der Waals surface area (Å²) in [7, 11) is 0. The van der Waals surface area contributed by atoms with E-state index in [2.05, 4.69) is 120 Å². The zero-order chi connectivity index (χ0) is 27.9. The maximum atomic E-state index is 5.88. The van der Waals surface area contributed by atoms with Crippen LogP contribution in [0.15, 0.2) is 162 Å². The first-order valence-corrected chi connectivity index (χ1v) is 14.1. The average Bonchev–Trinajstić information content (AvgIpc) is 3.44. The van der Waals surface area contributed by atoms with E-state index in [0.29, 0.717) is 0 Å². The molecular formula is C39H26N2O. The van der Waals surface area contributed by atoms with E-state index in [1.165, 1.54) is 27.1 Å². The topological polar surface area (TPSA) is 31.0 Å². The molecule has 0 amide bonds. The Morgan fingerprint density at radius 1 is 0.476 bits per heavy atom. The Morgan fingerprint density at radius 2 is 1.17 bits per heavy atom. The van der Waals surface area contributed by atoms with Gasteiger partial charge in [-0.1, -0.05) is 103 Å². The molecule has 198 valence electrons. The lowest BCUT2D eigenvalue weighted by Crippen LogP contribution is -1.97. The van der Waals surface area contributed by atoms with E-state index in [-0.39, 0.29) is 0 Å². The molecule has 5 aromatic carbocycles. The summed E-state index contributed by atoms with van der Waals surface area (Å²) in [5.41, 5.74) is 7.67. The van der Waals surface area contributed by atoms with Gasteiger partial charge in [0.1, 0.15) is 11.4 Å². The lowest BCUT2D eigenvalue weighted by molar-refractivity contribution is 0.606. The number of rotatable bonds is 3. The van der Waals surface area contributed by atoms with Gasteiger partial charge in [-0.3, -0.25) is 4.57 Å². The summed E-state index contributed by atoms with van der Waals surface area (Å²) in [4.78, 5) is 4.87. The minimum Gasteiger partial charge on any atom is -0.464 e. The molecular weight excluding hydrogens is 512 g/mol. The molecule has 0 radical (unpaired) electrons. The number of para-hydroxylation sites is 1. The third-order valence-electron chi connectivity index (χ3n) is 7.98. The zero-order valence-corrected chi connectivity index (χ0v) is 22.8. The molecule has 0 N–H and O–H groups in total. The molecule has 0 aliphatic heterocycles. The van der Waals surface area contributed by atoms with E-state index in [1.807, 2.05) is 36.5 Å². The van der Waals surface area contributed by atoms with Crippen molar-refractivity contribution < 1.29 is 4.42 Å². The summed E-state index contributed by atoms with van der Waals surface area (Å²) >= 11 is 0. The summed E-state index contributed by atoms with van der Waals surface area (Å²) < 4.78 is 8.17. The number of nitrogens with zero attached hydrogens (tertiary/aromatic N) is 2. The van der Waals surface area contributed by atoms with Crippen molar-refractivity contribution in [3.05, 3.63) is 158 Å². The summed E-state index contributed by atoms with van der Waals surface area (Å²) in [6, 6.07) is 51.0. The highest BCUT2D eigenvalue weighted by Crippen LogP contribution is 2.38. The SMILES string of the molecule is c1ccc(-c2ccnc(-n3c4ccc(-c5cccoc6ccccc6cc5)cc4c4c5ccccc5ccc43)c2)cc1. The van der Waals surface area contributed by atoms with Crippen LogP contribution in [0.2, 0.25) is 0 Å². The van der Waals surface area contributed by atoms with Crippen molar-refractivity contribution in [3.63, 3.8) is 0 Å². The molecule has 8 aromatic rings. The molecule has 0 fully saturated rings. The van der Waals surface area contributed by atoms with Crippen molar-refractivity contribution in [1.82, 2.24) is 9.55 Å². The molecule has 0 unspecified atom stereocenters. The number of aromatic nitrogens is 2. The first-order chi connectivity index (χ1) is 20.8. The molecule has 0 saturated heterocycles. The van der Waals surface area contributed by atoms with Crippen LogP contribution in [0.4, 0.5) is 0 Å². The Hall–Kier alpha value is -5.67. The largest absolute Gasteiger partial charge is 0.464 e. The fourth-order valence-corrected chi connectivity index (χ4v) is 5.98. The zero-order valence-electron chi connectivity index (χ0n) is 22.8. The summed E-state index contributed by atoms with van der Waals surface area (Å²) in [6.07, 6.45) is 3.65. The summed E-state index contributed by atoms with van der Waals surface area (Å²) in [5.74, 6) is 0.901. The Bertz CT molecular complexity index is 2310. The lowest BCUT2D eigenvalue weighted by Gasteiger charge is -2.10.